The van der Waals surface area contributed by atoms with Crippen LogP contribution in [0.5, 0.6) is 0 Å². The maximum Gasteiger partial charge on any atom is 0.221 e. The molecule has 0 spiro atoms. The fraction of sp³-hybridized carbons (Fsp3) is 0.625. The summed E-state index contributed by atoms with van der Waals surface area (Å²) in [6.45, 7) is 2.73. The Bertz CT molecular complexity index is 453. The molecule has 0 aromatic carbocycles. The number of anilines is 1. The van der Waals surface area contributed by atoms with Crippen LogP contribution in [-0.2, 0) is 4.79 Å². The van der Waals surface area contributed by atoms with Crippen LogP contribution < -0.4 is 15.5 Å². The fourth-order valence-electron chi connectivity index (χ4n) is 2.77. The predicted molar refractivity (Wildman–Crippen MR) is 83.3 cm³/mol. The molecular formula is C16H24N4O. The number of nitrogens with one attached hydrogen (secondary N) is 2. The smallest absolute Gasteiger partial charge is 0.221 e. The lowest BCUT2D eigenvalue weighted by molar-refractivity contribution is -0.121. The van der Waals surface area contributed by atoms with Gasteiger partial charge in [0.25, 0.3) is 0 Å². The van der Waals surface area contributed by atoms with E-state index in [9.17, 15) is 4.79 Å². The van der Waals surface area contributed by atoms with Crippen molar-refractivity contribution < 1.29 is 4.79 Å². The quantitative estimate of drug-likeness (QED) is 0.828. The molecule has 5 heteroatoms. The lowest BCUT2D eigenvalue weighted by Gasteiger charge is -2.33. The van der Waals surface area contributed by atoms with Gasteiger partial charge in [-0.05, 0) is 37.8 Å². The van der Waals surface area contributed by atoms with Crippen LogP contribution in [0.4, 0.5) is 5.82 Å². The lowest BCUT2D eigenvalue weighted by atomic mass is 10.0. The van der Waals surface area contributed by atoms with Gasteiger partial charge in [-0.15, -0.1) is 0 Å². The number of pyridine rings is 1. The third kappa shape index (κ3) is 4.43. The molecule has 1 amide bonds. The summed E-state index contributed by atoms with van der Waals surface area (Å²) in [6, 6.07) is 7.00. The molecule has 2 fully saturated rings. The van der Waals surface area contributed by atoms with Crippen molar-refractivity contribution in [3.63, 3.8) is 0 Å². The molecule has 1 aromatic rings. The van der Waals surface area contributed by atoms with Crippen LogP contribution in [0.3, 0.4) is 0 Å². The van der Waals surface area contributed by atoms with Crippen LogP contribution in [0, 0.1) is 0 Å². The number of piperidine rings is 1. The van der Waals surface area contributed by atoms with E-state index >= 15 is 0 Å². The molecule has 2 heterocycles. The topological polar surface area (TPSA) is 57.3 Å². The van der Waals surface area contributed by atoms with Crippen molar-refractivity contribution in [2.75, 3.05) is 24.5 Å². The molecule has 2 N–H and O–H groups in total. The summed E-state index contributed by atoms with van der Waals surface area (Å²) in [5, 5.41) is 6.53. The van der Waals surface area contributed by atoms with Gasteiger partial charge in [0, 0.05) is 44.3 Å². The first-order chi connectivity index (χ1) is 10.3. The van der Waals surface area contributed by atoms with Gasteiger partial charge < -0.3 is 15.5 Å². The summed E-state index contributed by atoms with van der Waals surface area (Å²) in [5.74, 6) is 1.22. The third-order valence-corrected chi connectivity index (χ3v) is 4.20. The minimum absolute atomic E-state index is 0.180. The number of amides is 1. The van der Waals surface area contributed by atoms with Gasteiger partial charge in [-0.25, -0.2) is 4.98 Å². The SMILES string of the molecule is O=C(CCNC1CC1)NC1CCN(c2ccccn2)CC1. The van der Waals surface area contributed by atoms with Crippen LogP contribution in [0.1, 0.15) is 32.1 Å². The molecule has 1 aliphatic heterocycles. The molecule has 5 nitrogen and oxygen atoms in total. The Morgan fingerprint density at radius 1 is 1.19 bits per heavy atom. The van der Waals surface area contributed by atoms with Crippen molar-refractivity contribution >= 4 is 11.7 Å². The molecule has 114 valence electrons. The first kappa shape index (κ1) is 14.3. The van der Waals surface area contributed by atoms with E-state index in [1.165, 1.54) is 12.8 Å². The van der Waals surface area contributed by atoms with E-state index in [1.54, 1.807) is 0 Å². The summed E-state index contributed by atoms with van der Waals surface area (Å²) in [5.41, 5.74) is 0. The highest BCUT2D eigenvalue weighted by Crippen LogP contribution is 2.18. The largest absolute Gasteiger partial charge is 0.356 e. The zero-order valence-electron chi connectivity index (χ0n) is 12.4. The fourth-order valence-corrected chi connectivity index (χ4v) is 2.77. The standard InChI is InChI=1S/C16H24N4O/c21-16(6-10-17-13-4-5-13)19-14-7-11-20(12-8-14)15-3-1-2-9-18-15/h1-3,9,13-14,17H,4-8,10-12H2,(H,19,21). The van der Waals surface area contributed by atoms with Gasteiger partial charge in [0.15, 0.2) is 0 Å². The van der Waals surface area contributed by atoms with E-state index in [0.29, 0.717) is 18.5 Å². The van der Waals surface area contributed by atoms with Gasteiger partial charge in [0.1, 0.15) is 5.82 Å². The summed E-state index contributed by atoms with van der Waals surface area (Å²) in [7, 11) is 0. The number of aromatic nitrogens is 1. The number of carbonyl (C=O) groups is 1. The molecule has 2 aliphatic rings. The van der Waals surface area contributed by atoms with Crippen molar-refractivity contribution in [1.29, 1.82) is 0 Å². The maximum atomic E-state index is 11.9. The van der Waals surface area contributed by atoms with E-state index in [2.05, 4.69) is 20.5 Å². The van der Waals surface area contributed by atoms with Gasteiger partial charge in [0.2, 0.25) is 5.91 Å². The highest BCUT2D eigenvalue weighted by atomic mass is 16.1. The number of carbonyl (C=O) groups excluding carboxylic acids is 1. The second-order valence-electron chi connectivity index (χ2n) is 6.00. The molecule has 0 atom stereocenters. The third-order valence-electron chi connectivity index (χ3n) is 4.20. The Balaban J connectivity index is 1.36. The zero-order chi connectivity index (χ0) is 14.5. The molecule has 3 rings (SSSR count). The number of hydrogen-bond acceptors (Lipinski definition) is 4. The second kappa shape index (κ2) is 6.89. The highest BCUT2D eigenvalue weighted by molar-refractivity contribution is 5.76. The van der Waals surface area contributed by atoms with E-state index in [1.807, 2.05) is 24.4 Å². The van der Waals surface area contributed by atoms with Crippen LogP contribution in [-0.4, -0.2) is 42.6 Å². The van der Waals surface area contributed by atoms with Gasteiger partial charge in [0.05, 0.1) is 0 Å². The van der Waals surface area contributed by atoms with E-state index < -0.39 is 0 Å². The van der Waals surface area contributed by atoms with E-state index in [-0.39, 0.29) is 5.91 Å². The van der Waals surface area contributed by atoms with Gasteiger partial charge in [-0.2, -0.15) is 0 Å². The number of rotatable bonds is 6. The predicted octanol–water partition coefficient (Wildman–Crippen LogP) is 1.31. The van der Waals surface area contributed by atoms with Crippen molar-refractivity contribution in [3.05, 3.63) is 24.4 Å². The summed E-state index contributed by atoms with van der Waals surface area (Å²) >= 11 is 0. The highest BCUT2D eigenvalue weighted by Gasteiger charge is 2.22. The van der Waals surface area contributed by atoms with Crippen molar-refractivity contribution in [3.8, 4) is 0 Å². The van der Waals surface area contributed by atoms with Crippen LogP contribution in [0.25, 0.3) is 0 Å². The Morgan fingerprint density at radius 2 is 2.00 bits per heavy atom. The summed E-state index contributed by atoms with van der Waals surface area (Å²) < 4.78 is 0. The molecule has 21 heavy (non-hydrogen) atoms. The van der Waals surface area contributed by atoms with Crippen molar-refractivity contribution in [2.45, 2.75) is 44.2 Å². The molecule has 1 aliphatic carbocycles. The Morgan fingerprint density at radius 3 is 2.67 bits per heavy atom. The average Bonchev–Trinajstić information content (AvgIpc) is 3.33. The first-order valence-electron chi connectivity index (χ1n) is 8.00. The Hall–Kier alpha value is -1.62. The molecule has 0 bridgehead atoms. The maximum absolute atomic E-state index is 11.9. The summed E-state index contributed by atoms with van der Waals surface area (Å²) in [6.07, 6.45) is 6.96. The minimum Gasteiger partial charge on any atom is -0.356 e. The van der Waals surface area contributed by atoms with Crippen molar-refractivity contribution in [1.82, 2.24) is 15.6 Å². The van der Waals surface area contributed by atoms with Gasteiger partial charge in [-0.1, -0.05) is 6.07 Å². The van der Waals surface area contributed by atoms with E-state index in [4.69, 9.17) is 0 Å². The van der Waals surface area contributed by atoms with Gasteiger partial charge >= 0.3 is 0 Å². The second-order valence-corrected chi connectivity index (χ2v) is 6.00. The molecule has 1 saturated heterocycles. The normalized spacial score (nSPS) is 19.5. The van der Waals surface area contributed by atoms with Crippen molar-refractivity contribution in [2.24, 2.45) is 0 Å². The van der Waals surface area contributed by atoms with Crippen LogP contribution in [0.2, 0.25) is 0 Å². The Labute approximate surface area is 126 Å². The van der Waals surface area contributed by atoms with Crippen LogP contribution in [0.15, 0.2) is 24.4 Å². The molecular weight excluding hydrogens is 264 g/mol. The lowest BCUT2D eigenvalue weighted by Crippen LogP contribution is -2.45. The molecule has 1 aromatic heterocycles. The average molecular weight is 288 g/mol. The molecule has 0 radical (unpaired) electrons. The van der Waals surface area contributed by atoms with Crippen LogP contribution >= 0.6 is 0 Å². The molecule has 1 saturated carbocycles. The monoisotopic (exact) mass is 288 g/mol. The first-order valence-corrected chi connectivity index (χ1v) is 8.00. The van der Waals surface area contributed by atoms with Gasteiger partial charge in [-0.3, -0.25) is 4.79 Å². The summed E-state index contributed by atoms with van der Waals surface area (Å²) in [4.78, 5) is 18.6. The number of hydrogen-bond donors (Lipinski definition) is 2. The zero-order valence-corrected chi connectivity index (χ0v) is 12.4. The minimum atomic E-state index is 0.180. The number of nitrogens with zero attached hydrogens (tertiary/aromatic N) is 2. The van der Waals surface area contributed by atoms with E-state index in [0.717, 1.165) is 38.3 Å². The molecule has 0 unspecified atom stereocenters. The Kier molecular flexibility index (Phi) is 4.70.